The smallest absolute Gasteiger partial charge is 0.316 e. The van der Waals surface area contributed by atoms with Crippen LogP contribution in [0.3, 0.4) is 0 Å². The van der Waals surface area contributed by atoms with Gasteiger partial charge in [-0.25, -0.2) is 0 Å². The normalized spacial score (nSPS) is 10.4. The van der Waals surface area contributed by atoms with Gasteiger partial charge in [-0.1, -0.05) is 6.07 Å². The number of aromatic nitrogens is 3. The van der Waals surface area contributed by atoms with E-state index in [0.717, 1.165) is 5.75 Å². The van der Waals surface area contributed by atoms with Crippen LogP contribution in [0.25, 0.3) is 0 Å². The predicted octanol–water partition coefficient (Wildman–Crippen LogP) is 1.07. The first-order valence-corrected chi connectivity index (χ1v) is 7.68. The number of nitrogens with zero attached hydrogens (tertiary/aromatic N) is 3. The molecule has 106 valence electrons. The molecule has 0 saturated carbocycles. The van der Waals surface area contributed by atoms with Crippen LogP contribution in [0.1, 0.15) is 10.7 Å². The summed E-state index contributed by atoms with van der Waals surface area (Å²) in [7, 11) is 0. The van der Waals surface area contributed by atoms with Crippen molar-refractivity contribution in [2.75, 3.05) is 17.2 Å². The van der Waals surface area contributed by atoms with Gasteiger partial charge in [0.1, 0.15) is 0 Å². The third-order valence-electron chi connectivity index (χ3n) is 2.12. The highest BCUT2D eigenvalue weighted by atomic mass is 32.2. The van der Waals surface area contributed by atoms with Gasteiger partial charge in [0.2, 0.25) is 11.9 Å². The van der Waals surface area contributed by atoms with E-state index in [1.54, 1.807) is 11.3 Å². The molecule has 2 aromatic rings. The second-order valence-corrected chi connectivity index (χ2v) is 5.72. The maximum Gasteiger partial charge on any atom is 0.316 e. The Labute approximate surface area is 123 Å². The van der Waals surface area contributed by atoms with Crippen LogP contribution in [0.4, 0.5) is 11.9 Å². The third kappa shape index (κ3) is 4.67. The number of carbonyl (C=O) groups excluding carboxylic acids is 1. The van der Waals surface area contributed by atoms with E-state index in [0.29, 0.717) is 0 Å². The van der Waals surface area contributed by atoms with Crippen LogP contribution in [0.5, 0.6) is 0 Å². The van der Waals surface area contributed by atoms with Crippen LogP contribution < -0.4 is 11.5 Å². The third-order valence-corrected chi connectivity index (χ3v) is 4.14. The Bertz CT molecular complexity index is 556. The quantitative estimate of drug-likeness (QED) is 0.761. The summed E-state index contributed by atoms with van der Waals surface area (Å²) >= 11 is 3.15. The summed E-state index contributed by atoms with van der Waals surface area (Å²) in [5.41, 5.74) is 10.8. The Morgan fingerprint density at radius 2 is 2.05 bits per heavy atom. The van der Waals surface area contributed by atoms with E-state index in [-0.39, 0.29) is 36.1 Å². The first-order chi connectivity index (χ1) is 9.63. The number of nitrogens with two attached hydrogens (primary N) is 2. The molecular formula is C11H13N5O2S2. The number of esters is 1. The van der Waals surface area contributed by atoms with Crippen molar-refractivity contribution in [3.63, 3.8) is 0 Å². The molecule has 9 heteroatoms. The molecule has 0 spiro atoms. The molecule has 0 aliphatic heterocycles. The minimum Gasteiger partial charge on any atom is -0.457 e. The summed E-state index contributed by atoms with van der Waals surface area (Å²) in [6, 6.07) is 4.01. The lowest BCUT2D eigenvalue weighted by atomic mass is 10.5. The molecule has 0 amide bonds. The number of anilines is 2. The number of ether oxygens (including phenoxy) is 1. The molecule has 2 aromatic heterocycles. The molecule has 0 aliphatic rings. The van der Waals surface area contributed by atoms with Crippen molar-refractivity contribution in [1.82, 2.24) is 15.0 Å². The summed E-state index contributed by atoms with van der Waals surface area (Å²) in [5, 5.41) is 2.00. The molecular weight excluding hydrogens is 298 g/mol. The van der Waals surface area contributed by atoms with E-state index in [4.69, 9.17) is 16.2 Å². The molecule has 2 heterocycles. The molecule has 20 heavy (non-hydrogen) atoms. The van der Waals surface area contributed by atoms with Crippen LogP contribution in [-0.4, -0.2) is 26.7 Å². The van der Waals surface area contributed by atoms with Gasteiger partial charge < -0.3 is 16.2 Å². The lowest BCUT2D eigenvalue weighted by Gasteiger charge is -2.04. The van der Waals surface area contributed by atoms with Crippen molar-refractivity contribution >= 4 is 41.0 Å². The van der Waals surface area contributed by atoms with Crippen LogP contribution in [-0.2, 0) is 21.9 Å². The van der Waals surface area contributed by atoms with Gasteiger partial charge in [0.15, 0.2) is 12.4 Å². The second kappa shape index (κ2) is 7.06. The first kappa shape index (κ1) is 14.5. The zero-order valence-electron chi connectivity index (χ0n) is 10.5. The van der Waals surface area contributed by atoms with Gasteiger partial charge in [0.25, 0.3) is 0 Å². The van der Waals surface area contributed by atoms with Crippen LogP contribution in [0.2, 0.25) is 0 Å². The van der Waals surface area contributed by atoms with Crippen LogP contribution in [0, 0.1) is 0 Å². The fourth-order valence-corrected chi connectivity index (χ4v) is 3.00. The standard InChI is InChI=1S/C11H13N5O2S2/c12-10-14-8(15-11(13)16-10)4-18-9(17)6-19-5-7-2-1-3-20-7/h1-3H,4-6H2,(H4,12,13,14,15,16). The van der Waals surface area contributed by atoms with Crippen LogP contribution >= 0.6 is 23.1 Å². The molecule has 0 radical (unpaired) electrons. The Balaban J connectivity index is 1.72. The van der Waals surface area contributed by atoms with Crippen molar-refractivity contribution < 1.29 is 9.53 Å². The topological polar surface area (TPSA) is 117 Å². The number of rotatable bonds is 6. The maximum absolute atomic E-state index is 11.5. The average Bonchev–Trinajstić information content (AvgIpc) is 2.88. The van der Waals surface area contributed by atoms with Gasteiger partial charge in [-0.2, -0.15) is 15.0 Å². The Morgan fingerprint density at radius 1 is 1.30 bits per heavy atom. The van der Waals surface area contributed by atoms with Gasteiger partial charge in [0.05, 0.1) is 5.75 Å². The Morgan fingerprint density at radius 3 is 2.70 bits per heavy atom. The van der Waals surface area contributed by atoms with Crippen molar-refractivity contribution in [3.8, 4) is 0 Å². The van der Waals surface area contributed by atoms with Crippen molar-refractivity contribution in [3.05, 3.63) is 28.2 Å². The fourth-order valence-electron chi connectivity index (χ4n) is 1.34. The molecule has 0 saturated heterocycles. The molecule has 0 aromatic carbocycles. The summed E-state index contributed by atoms with van der Waals surface area (Å²) in [6.07, 6.45) is 0. The minimum absolute atomic E-state index is 0.00983. The van der Waals surface area contributed by atoms with E-state index in [1.807, 2.05) is 17.5 Å². The molecule has 0 aliphatic carbocycles. The lowest BCUT2D eigenvalue weighted by molar-refractivity contribution is -0.141. The largest absolute Gasteiger partial charge is 0.457 e. The van der Waals surface area contributed by atoms with Gasteiger partial charge in [-0.3, -0.25) is 4.79 Å². The zero-order valence-corrected chi connectivity index (χ0v) is 12.1. The number of carbonyl (C=O) groups is 1. The minimum atomic E-state index is -0.330. The molecule has 0 fully saturated rings. The number of thioether (sulfide) groups is 1. The van der Waals surface area contributed by atoms with Crippen molar-refractivity contribution in [2.24, 2.45) is 0 Å². The molecule has 2 rings (SSSR count). The second-order valence-electron chi connectivity index (χ2n) is 3.70. The number of hydrogen-bond donors (Lipinski definition) is 2. The highest BCUT2D eigenvalue weighted by molar-refractivity contribution is 7.99. The monoisotopic (exact) mass is 311 g/mol. The van der Waals surface area contributed by atoms with Gasteiger partial charge >= 0.3 is 5.97 Å². The first-order valence-electron chi connectivity index (χ1n) is 5.65. The Kier molecular flexibility index (Phi) is 5.13. The molecule has 0 atom stereocenters. The molecule has 7 nitrogen and oxygen atoms in total. The van der Waals surface area contributed by atoms with Gasteiger partial charge in [0, 0.05) is 10.6 Å². The fraction of sp³-hybridized carbons (Fsp3) is 0.273. The summed E-state index contributed by atoms with van der Waals surface area (Å²) in [6.45, 7) is -0.0602. The SMILES string of the molecule is Nc1nc(N)nc(COC(=O)CSCc2cccs2)n1. The molecule has 0 unspecified atom stereocenters. The highest BCUT2D eigenvalue weighted by Gasteiger charge is 2.07. The highest BCUT2D eigenvalue weighted by Crippen LogP contribution is 2.17. The number of nitrogen functional groups attached to an aromatic ring is 2. The zero-order chi connectivity index (χ0) is 14.4. The van der Waals surface area contributed by atoms with E-state index in [2.05, 4.69) is 15.0 Å². The van der Waals surface area contributed by atoms with E-state index < -0.39 is 0 Å². The van der Waals surface area contributed by atoms with E-state index in [9.17, 15) is 4.79 Å². The van der Waals surface area contributed by atoms with Crippen LogP contribution in [0.15, 0.2) is 17.5 Å². The average molecular weight is 311 g/mol. The Hall–Kier alpha value is -1.87. The molecule has 4 N–H and O–H groups in total. The maximum atomic E-state index is 11.5. The van der Waals surface area contributed by atoms with Crippen molar-refractivity contribution in [2.45, 2.75) is 12.4 Å². The lowest BCUT2D eigenvalue weighted by Crippen LogP contribution is -2.12. The van der Waals surface area contributed by atoms with Gasteiger partial charge in [-0.15, -0.1) is 23.1 Å². The summed E-state index contributed by atoms with van der Waals surface area (Å²) in [4.78, 5) is 24.0. The molecule has 0 bridgehead atoms. The van der Waals surface area contributed by atoms with E-state index in [1.165, 1.54) is 16.6 Å². The number of hydrogen-bond acceptors (Lipinski definition) is 9. The summed E-state index contributed by atoms with van der Waals surface area (Å²) < 4.78 is 5.04. The van der Waals surface area contributed by atoms with Gasteiger partial charge in [-0.05, 0) is 11.4 Å². The van der Waals surface area contributed by atoms with E-state index >= 15 is 0 Å². The summed E-state index contributed by atoms with van der Waals surface area (Å²) in [5.74, 6) is 0.994. The van der Waals surface area contributed by atoms with Crippen molar-refractivity contribution in [1.29, 1.82) is 0 Å². The number of thiophene rings is 1. The predicted molar refractivity (Wildman–Crippen MR) is 78.9 cm³/mol.